The third kappa shape index (κ3) is 3.94. The molecule has 2 aromatic rings. The van der Waals surface area contributed by atoms with Crippen LogP contribution in [-0.4, -0.2) is 48.3 Å². The second-order valence-electron chi connectivity index (χ2n) is 6.42. The van der Waals surface area contributed by atoms with E-state index in [1.807, 2.05) is 19.1 Å². The van der Waals surface area contributed by atoms with Crippen molar-refractivity contribution in [3.63, 3.8) is 0 Å². The Morgan fingerprint density at radius 1 is 1.38 bits per heavy atom. The van der Waals surface area contributed by atoms with Crippen molar-refractivity contribution in [3.05, 3.63) is 40.7 Å². The lowest BCUT2D eigenvalue weighted by molar-refractivity contribution is -0.132. The van der Waals surface area contributed by atoms with Crippen LogP contribution in [0.15, 0.2) is 28.7 Å². The molecule has 1 aliphatic rings. The third-order valence-electron chi connectivity index (χ3n) is 4.63. The molecule has 0 bridgehead atoms. The van der Waals surface area contributed by atoms with Crippen LogP contribution in [0.1, 0.15) is 24.8 Å². The van der Waals surface area contributed by atoms with E-state index in [1.165, 1.54) is 0 Å². The van der Waals surface area contributed by atoms with E-state index in [9.17, 15) is 13.2 Å². The summed E-state index contributed by atoms with van der Waals surface area (Å²) in [6.45, 7) is 4.08. The fraction of sp³-hybridized carbons (Fsp3) is 0.444. The van der Waals surface area contributed by atoms with Crippen LogP contribution in [0.4, 0.5) is 0 Å². The molecule has 2 heterocycles. The van der Waals surface area contributed by atoms with E-state index in [0.717, 1.165) is 0 Å². The predicted molar refractivity (Wildman–Crippen MR) is 99.8 cm³/mol. The summed E-state index contributed by atoms with van der Waals surface area (Å²) >= 11 is 6.18. The Morgan fingerprint density at radius 2 is 2.12 bits per heavy atom. The van der Waals surface area contributed by atoms with Crippen molar-refractivity contribution >= 4 is 27.3 Å². The molecule has 1 amide bonds. The fourth-order valence-corrected chi connectivity index (χ4v) is 5.19. The molecule has 1 aromatic carbocycles. The van der Waals surface area contributed by atoms with Gasteiger partial charge in [0.05, 0.1) is 34.2 Å². The predicted octanol–water partition coefficient (Wildman–Crippen LogP) is 2.88. The molecule has 1 atom stereocenters. The number of amides is 1. The summed E-state index contributed by atoms with van der Waals surface area (Å²) in [5.41, 5.74) is 1.22. The molecule has 0 saturated carbocycles. The lowest BCUT2D eigenvalue weighted by Crippen LogP contribution is -2.41. The van der Waals surface area contributed by atoms with Crippen LogP contribution in [0.2, 0.25) is 5.02 Å². The Bertz CT molecular complexity index is 923. The minimum Gasteiger partial charge on any atom is -0.441 e. The number of likely N-dealkylation sites (N-methyl/N-ethyl adjacent to an activating group) is 1. The number of benzene rings is 1. The van der Waals surface area contributed by atoms with Gasteiger partial charge in [-0.05, 0) is 32.4 Å². The summed E-state index contributed by atoms with van der Waals surface area (Å²) in [6, 6.07) is 6.96. The largest absolute Gasteiger partial charge is 0.441 e. The molecule has 8 heteroatoms. The number of carbonyl (C=O) groups is 1. The van der Waals surface area contributed by atoms with Gasteiger partial charge in [0.15, 0.2) is 9.84 Å². The number of hydrogen-bond donors (Lipinski definition) is 0. The first-order valence-electron chi connectivity index (χ1n) is 8.52. The van der Waals surface area contributed by atoms with E-state index >= 15 is 0 Å². The monoisotopic (exact) mass is 396 g/mol. The van der Waals surface area contributed by atoms with Crippen molar-refractivity contribution in [2.45, 2.75) is 32.7 Å². The molecule has 1 aromatic heterocycles. The van der Waals surface area contributed by atoms with Crippen molar-refractivity contribution in [2.75, 3.05) is 18.1 Å². The van der Waals surface area contributed by atoms with E-state index in [1.54, 1.807) is 24.0 Å². The molecule has 1 fully saturated rings. The molecule has 0 radical (unpaired) electrons. The molecule has 0 aliphatic carbocycles. The van der Waals surface area contributed by atoms with E-state index in [-0.39, 0.29) is 29.9 Å². The van der Waals surface area contributed by atoms with Gasteiger partial charge in [0.2, 0.25) is 11.8 Å². The van der Waals surface area contributed by atoms with E-state index in [2.05, 4.69) is 4.98 Å². The SMILES string of the molecule is CCN(C(=O)Cc1nc(-c2ccccc2Cl)oc1C)C1CCS(=O)(=O)C1. The van der Waals surface area contributed by atoms with Gasteiger partial charge in [-0.25, -0.2) is 13.4 Å². The number of rotatable bonds is 5. The van der Waals surface area contributed by atoms with Gasteiger partial charge in [-0.1, -0.05) is 23.7 Å². The van der Waals surface area contributed by atoms with Crippen LogP contribution in [0.3, 0.4) is 0 Å². The summed E-state index contributed by atoms with van der Waals surface area (Å²) in [5.74, 6) is 0.971. The topological polar surface area (TPSA) is 80.5 Å². The van der Waals surface area contributed by atoms with Crippen molar-refractivity contribution in [3.8, 4) is 11.5 Å². The van der Waals surface area contributed by atoms with E-state index < -0.39 is 9.84 Å². The number of aromatic nitrogens is 1. The Balaban J connectivity index is 1.78. The number of nitrogens with zero attached hydrogens (tertiary/aromatic N) is 2. The Hall–Kier alpha value is -1.86. The van der Waals surface area contributed by atoms with Gasteiger partial charge in [-0.15, -0.1) is 0 Å². The highest BCUT2D eigenvalue weighted by Crippen LogP contribution is 2.29. The molecular formula is C18H21ClN2O4S. The van der Waals surface area contributed by atoms with Crippen molar-refractivity contribution in [2.24, 2.45) is 0 Å². The molecule has 0 spiro atoms. The first-order valence-corrected chi connectivity index (χ1v) is 10.7. The van der Waals surface area contributed by atoms with Crippen LogP contribution in [0.25, 0.3) is 11.5 Å². The second kappa shape index (κ2) is 7.40. The van der Waals surface area contributed by atoms with Gasteiger partial charge in [-0.2, -0.15) is 0 Å². The zero-order chi connectivity index (χ0) is 18.9. The lowest BCUT2D eigenvalue weighted by atomic mass is 10.1. The normalized spacial score (nSPS) is 18.8. The zero-order valence-electron chi connectivity index (χ0n) is 14.7. The Kier molecular flexibility index (Phi) is 5.39. The molecule has 1 aliphatic heterocycles. The van der Waals surface area contributed by atoms with Crippen LogP contribution < -0.4 is 0 Å². The van der Waals surface area contributed by atoms with Gasteiger partial charge in [0, 0.05) is 12.6 Å². The Labute approximate surface area is 158 Å². The standard InChI is InChI=1S/C18H21ClN2O4S/c1-3-21(13-8-9-26(23,24)11-13)17(22)10-16-12(2)25-18(20-16)14-6-4-5-7-15(14)19/h4-7,13H,3,8-11H2,1-2H3. The van der Waals surface area contributed by atoms with Gasteiger partial charge in [0.25, 0.3) is 0 Å². The summed E-state index contributed by atoms with van der Waals surface area (Å²) in [7, 11) is -3.04. The van der Waals surface area contributed by atoms with Crippen LogP contribution in [-0.2, 0) is 21.1 Å². The molecule has 140 valence electrons. The minimum atomic E-state index is -3.04. The molecule has 26 heavy (non-hydrogen) atoms. The average molecular weight is 397 g/mol. The molecule has 6 nitrogen and oxygen atoms in total. The maximum atomic E-state index is 12.7. The summed E-state index contributed by atoms with van der Waals surface area (Å²) in [6.07, 6.45) is 0.564. The van der Waals surface area contributed by atoms with Crippen molar-refractivity contribution in [1.82, 2.24) is 9.88 Å². The highest BCUT2D eigenvalue weighted by molar-refractivity contribution is 7.91. The number of aryl methyl sites for hydroxylation is 1. The molecule has 0 N–H and O–H groups in total. The average Bonchev–Trinajstić information content (AvgIpc) is 3.11. The van der Waals surface area contributed by atoms with E-state index in [4.69, 9.17) is 16.0 Å². The van der Waals surface area contributed by atoms with Crippen molar-refractivity contribution < 1.29 is 17.6 Å². The summed E-state index contributed by atoms with van der Waals surface area (Å²) in [4.78, 5) is 18.8. The highest BCUT2D eigenvalue weighted by atomic mass is 35.5. The first kappa shape index (κ1) is 18.9. The minimum absolute atomic E-state index is 0.0370. The molecule has 1 unspecified atom stereocenters. The summed E-state index contributed by atoms with van der Waals surface area (Å²) < 4.78 is 29.1. The molecule has 1 saturated heterocycles. The number of oxazole rings is 1. The third-order valence-corrected chi connectivity index (χ3v) is 6.71. The Morgan fingerprint density at radius 3 is 2.73 bits per heavy atom. The van der Waals surface area contributed by atoms with Gasteiger partial charge in [-0.3, -0.25) is 4.79 Å². The second-order valence-corrected chi connectivity index (χ2v) is 9.05. The lowest BCUT2D eigenvalue weighted by Gasteiger charge is -2.26. The number of halogens is 1. The maximum Gasteiger partial charge on any atom is 0.228 e. The van der Waals surface area contributed by atoms with Crippen LogP contribution in [0, 0.1) is 6.92 Å². The number of carbonyl (C=O) groups excluding carboxylic acids is 1. The quantitative estimate of drug-likeness (QED) is 0.776. The first-order chi connectivity index (χ1) is 12.3. The molecule has 3 rings (SSSR count). The van der Waals surface area contributed by atoms with Gasteiger partial charge < -0.3 is 9.32 Å². The highest BCUT2D eigenvalue weighted by Gasteiger charge is 2.34. The fourth-order valence-electron chi connectivity index (χ4n) is 3.25. The number of hydrogen-bond acceptors (Lipinski definition) is 5. The maximum absolute atomic E-state index is 12.7. The zero-order valence-corrected chi connectivity index (χ0v) is 16.3. The summed E-state index contributed by atoms with van der Waals surface area (Å²) in [5, 5.41) is 0.526. The smallest absolute Gasteiger partial charge is 0.228 e. The van der Waals surface area contributed by atoms with Crippen molar-refractivity contribution in [1.29, 1.82) is 0 Å². The van der Waals surface area contributed by atoms with Gasteiger partial charge >= 0.3 is 0 Å². The van der Waals surface area contributed by atoms with Gasteiger partial charge in [0.1, 0.15) is 5.76 Å². The molecular weight excluding hydrogens is 376 g/mol. The van der Waals surface area contributed by atoms with E-state index in [0.29, 0.717) is 40.9 Å². The number of sulfone groups is 1. The van der Waals surface area contributed by atoms with Crippen LogP contribution >= 0.6 is 11.6 Å². The van der Waals surface area contributed by atoms with Crippen LogP contribution in [0.5, 0.6) is 0 Å².